The zero-order valence-corrected chi connectivity index (χ0v) is 6.41. The van der Waals surface area contributed by atoms with Crippen molar-refractivity contribution in [1.82, 2.24) is 0 Å². The Kier molecular flexibility index (Phi) is 2.15. The summed E-state index contributed by atoms with van der Waals surface area (Å²) < 4.78 is 12.7. The van der Waals surface area contributed by atoms with Gasteiger partial charge in [0.2, 0.25) is 0 Å². The third-order valence-corrected chi connectivity index (χ3v) is 1.50. The number of halogens is 1. The standard InChI is InChI=1S/C8H5FN2O2/c9-5-1-4(3-10)7(11)6(2-5)8(12)13/h1-2H,11H2,(H,12,13). The number of hydrogen-bond donors (Lipinski definition) is 2. The molecule has 0 heterocycles. The molecule has 0 aromatic heterocycles. The average molecular weight is 180 g/mol. The first-order chi connectivity index (χ1) is 6.06. The zero-order chi connectivity index (χ0) is 10.0. The van der Waals surface area contributed by atoms with Crippen LogP contribution in [0.15, 0.2) is 12.1 Å². The van der Waals surface area contributed by atoms with Gasteiger partial charge < -0.3 is 10.8 Å². The van der Waals surface area contributed by atoms with Crippen LogP contribution in [0, 0.1) is 17.1 Å². The molecule has 0 aliphatic carbocycles. The molecule has 0 atom stereocenters. The topological polar surface area (TPSA) is 87.1 Å². The largest absolute Gasteiger partial charge is 0.478 e. The SMILES string of the molecule is N#Cc1cc(F)cc(C(=O)O)c1N. The summed E-state index contributed by atoms with van der Waals surface area (Å²) in [5, 5.41) is 17.0. The molecule has 1 aromatic carbocycles. The lowest BCUT2D eigenvalue weighted by atomic mass is 10.1. The molecule has 13 heavy (non-hydrogen) atoms. The maximum absolute atomic E-state index is 12.7. The lowest BCUT2D eigenvalue weighted by molar-refractivity contribution is 0.0697. The first-order valence-corrected chi connectivity index (χ1v) is 3.28. The van der Waals surface area contributed by atoms with E-state index in [9.17, 15) is 9.18 Å². The molecule has 0 bridgehead atoms. The monoisotopic (exact) mass is 180 g/mol. The van der Waals surface area contributed by atoms with Crippen molar-refractivity contribution in [3.63, 3.8) is 0 Å². The van der Waals surface area contributed by atoms with Gasteiger partial charge in [-0.25, -0.2) is 9.18 Å². The predicted molar refractivity (Wildman–Crippen MR) is 42.5 cm³/mol. The molecule has 0 aliphatic rings. The molecular weight excluding hydrogens is 175 g/mol. The van der Waals surface area contributed by atoms with Gasteiger partial charge in [-0.1, -0.05) is 0 Å². The first-order valence-electron chi connectivity index (χ1n) is 3.28. The van der Waals surface area contributed by atoms with E-state index in [1.54, 1.807) is 6.07 Å². The fourth-order valence-electron chi connectivity index (χ4n) is 0.887. The minimum atomic E-state index is -1.35. The van der Waals surface area contributed by atoms with E-state index in [0.717, 1.165) is 12.1 Å². The van der Waals surface area contributed by atoms with Gasteiger partial charge in [-0.3, -0.25) is 0 Å². The number of nitrogens with zero attached hydrogens (tertiary/aromatic N) is 1. The number of nitriles is 1. The average Bonchev–Trinajstić information content (AvgIpc) is 2.08. The van der Waals surface area contributed by atoms with Gasteiger partial charge in [-0.05, 0) is 12.1 Å². The van der Waals surface area contributed by atoms with Crippen LogP contribution < -0.4 is 5.73 Å². The van der Waals surface area contributed by atoms with Crippen LogP contribution in [0.4, 0.5) is 10.1 Å². The summed E-state index contributed by atoms with van der Waals surface area (Å²) in [7, 11) is 0. The molecule has 0 radical (unpaired) electrons. The molecule has 5 heteroatoms. The minimum Gasteiger partial charge on any atom is -0.478 e. The summed E-state index contributed by atoms with van der Waals surface area (Å²) >= 11 is 0. The van der Waals surface area contributed by atoms with E-state index in [2.05, 4.69) is 0 Å². The fourth-order valence-corrected chi connectivity index (χ4v) is 0.887. The molecule has 0 saturated carbocycles. The second-order valence-electron chi connectivity index (χ2n) is 2.33. The molecule has 0 saturated heterocycles. The molecule has 0 spiro atoms. The highest BCUT2D eigenvalue weighted by atomic mass is 19.1. The normalized spacial score (nSPS) is 9.23. The van der Waals surface area contributed by atoms with E-state index < -0.39 is 17.3 Å². The van der Waals surface area contributed by atoms with Gasteiger partial charge in [-0.15, -0.1) is 0 Å². The summed E-state index contributed by atoms with van der Waals surface area (Å²) in [4.78, 5) is 10.5. The first kappa shape index (κ1) is 9.00. The number of aromatic carboxylic acids is 1. The van der Waals surface area contributed by atoms with Gasteiger partial charge in [0.25, 0.3) is 0 Å². The molecule has 1 rings (SSSR count). The van der Waals surface area contributed by atoms with E-state index in [0.29, 0.717) is 0 Å². The smallest absolute Gasteiger partial charge is 0.337 e. The summed E-state index contributed by atoms with van der Waals surface area (Å²) in [6, 6.07) is 3.27. The number of carbonyl (C=O) groups is 1. The highest BCUT2D eigenvalue weighted by Gasteiger charge is 2.13. The molecule has 0 unspecified atom stereocenters. The number of rotatable bonds is 1. The van der Waals surface area contributed by atoms with Crippen molar-refractivity contribution in [3.8, 4) is 6.07 Å². The summed E-state index contributed by atoms with van der Waals surface area (Å²) in [6.45, 7) is 0. The van der Waals surface area contributed by atoms with Crippen LogP contribution in [-0.4, -0.2) is 11.1 Å². The van der Waals surface area contributed by atoms with E-state index in [4.69, 9.17) is 16.1 Å². The maximum atomic E-state index is 12.7. The van der Waals surface area contributed by atoms with Crippen LogP contribution in [0.3, 0.4) is 0 Å². The van der Waals surface area contributed by atoms with Crippen molar-refractivity contribution >= 4 is 11.7 Å². The van der Waals surface area contributed by atoms with Crippen molar-refractivity contribution in [2.45, 2.75) is 0 Å². The molecule has 1 aromatic rings. The molecule has 3 N–H and O–H groups in total. The fraction of sp³-hybridized carbons (Fsp3) is 0. The van der Waals surface area contributed by atoms with Gasteiger partial charge in [0.05, 0.1) is 16.8 Å². The Morgan fingerprint density at radius 3 is 2.69 bits per heavy atom. The Bertz CT molecular complexity index is 409. The number of carboxylic acids is 1. The molecule has 4 nitrogen and oxygen atoms in total. The van der Waals surface area contributed by atoms with Crippen LogP contribution in [-0.2, 0) is 0 Å². The van der Waals surface area contributed by atoms with Crippen molar-refractivity contribution in [3.05, 3.63) is 29.1 Å². The predicted octanol–water partition coefficient (Wildman–Crippen LogP) is 0.978. The number of anilines is 1. The summed E-state index contributed by atoms with van der Waals surface area (Å²) in [5.74, 6) is -2.14. The third-order valence-electron chi connectivity index (χ3n) is 1.50. The summed E-state index contributed by atoms with van der Waals surface area (Å²) in [5.41, 5.74) is 4.52. The van der Waals surface area contributed by atoms with E-state index in [1.807, 2.05) is 0 Å². The van der Waals surface area contributed by atoms with Crippen molar-refractivity contribution in [2.75, 3.05) is 5.73 Å². The highest BCUT2D eigenvalue weighted by Crippen LogP contribution is 2.18. The van der Waals surface area contributed by atoms with Crippen molar-refractivity contribution in [2.24, 2.45) is 0 Å². The number of benzene rings is 1. The molecule has 0 aliphatic heterocycles. The molecule has 0 amide bonds. The van der Waals surface area contributed by atoms with E-state index >= 15 is 0 Å². The quantitative estimate of drug-likeness (QED) is 0.630. The minimum absolute atomic E-state index is 0.169. The van der Waals surface area contributed by atoms with Gasteiger partial charge in [0.1, 0.15) is 11.9 Å². The number of hydrogen-bond acceptors (Lipinski definition) is 3. The van der Waals surface area contributed by atoms with Crippen LogP contribution in [0.25, 0.3) is 0 Å². The van der Waals surface area contributed by atoms with Gasteiger partial charge in [0.15, 0.2) is 0 Å². The molecule has 66 valence electrons. The number of carboxylic acid groups (broad SMARTS) is 1. The van der Waals surface area contributed by atoms with Crippen molar-refractivity contribution < 1.29 is 14.3 Å². The Morgan fingerprint density at radius 1 is 1.62 bits per heavy atom. The highest BCUT2D eigenvalue weighted by molar-refractivity contribution is 5.95. The van der Waals surface area contributed by atoms with Crippen molar-refractivity contribution in [1.29, 1.82) is 5.26 Å². The number of nitrogen functional groups attached to an aromatic ring is 1. The van der Waals surface area contributed by atoms with Gasteiger partial charge >= 0.3 is 5.97 Å². The van der Waals surface area contributed by atoms with Crippen LogP contribution in [0.1, 0.15) is 15.9 Å². The van der Waals surface area contributed by atoms with Crippen LogP contribution in [0.5, 0.6) is 0 Å². The second-order valence-corrected chi connectivity index (χ2v) is 2.33. The van der Waals surface area contributed by atoms with E-state index in [1.165, 1.54) is 0 Å². The van der Waals surface area contributed by atoms with Crippen LogP contribution in [0.2, 0.25) is 0 Å². The second kappa shape index (κ2) is 3.11. The Morgan fingerprint density at radius 2 is 2.23 bits per heavy atom. The van der Waals surface area contributed by atoms with E-state index in [-0.39, 0.29) is 11.3 Å². The lowest BCUT2D eigenvalue weighted by Crippen LogP contribution is -2.05. The lowest BCUT2D eigenvalue weighted by Gasteiger charge is -2.01. The Balaban J connectivity index is 3.47. The van der Waals surface area contributed by atoms with Crippen LogP contribution >= 0.6 is 0 Å². The summed E-state index contributed by atoms with van der Waals surface area (Å²) in [6.07, 6.45) is 0. The molecular formula is C8H5FN2O2. The number of nitrogens with two attached hydrogens (primary N) is 1. The Labute approximate surface area is 73.0 Å². The molecule has 0 fully saturated rings. The zero-order valence-electron chi connectivity index (χ0n) is 6.41. The third kappa shape index (κ3) is 1.56. The van der Waals surface area contributed by atoms with Gasteiger partial charge in [0, 0.05) is 0 Å². The maximum Gasteiger partial charge on any atom is 0.337 e. The Hall–Kier alpha value is -2.09. The van der Waals surface area contributed by atoms with Gasteiger partial charge in [-0.2, -0.15) is 5.26 Å².